The standard InChI is InChI=1S/C17H16ClN3OS/c1-21-8-7-19-17(21)16(12-4-2-5-13(18)10-12)20-15(22)11-14-6-3-9-23-14/h2-10,16H,11H2,1H3,(H,20,22). The third kappa shape index (κ3) is 3.81. The van der Waals surface area contributed by atoms with Gasteiger partial charge in [-0.15, -0.1) is 11.3 Å². The Hall–Kier alpha value is -2.11. The van der Waals surface area contributed by atoms with Crippen molar-refractivity contribution in [3.05, 3.63) is 75.5 Å². The summed E-state index contributed by atoms with van der Waals surface area (Å²) < 4.78 is 1.90. The number of nitrogens with zero attached hydrogens (tertiary/aromatic N) is 2. The number of halogens is 1. The highest BCUT2D eigenvalue weighted by Gasteiger charge is 2.21. The molecule has 0 saturated carbocycles. The average Bonchev–Trinajstić information content (AvgIpc) is 3.16. The van der Waals surface area contributed by atoms with Crippen molar-refractivity contribution < 1.29 is 4.79 Å². The fourth-order valence-electron chi connectivity index (χ4n) is 2.42. The number of carbonyl (C=O) groups is 1. The molecule has 3 rings (SSSR count). The molecule has 1 N–H and O–H groups in total. The Morgan fingerprint density at radius 1 is 1.39 bits per heavy atom. The molecule has 1 aromatic carbocycles. The Morgan fingerprint density at radius 3 is 2.91 bits per heavy atom. The summed E-state index contributed by atoms with van der Waals surface area (Å²) in [6.45, 7) is 0. The van der Waals surface area contributed by atoms with Gasteiger partial charge in [0.1, 0.15) is 11.9 Å². The number of benzene rings is 1. The molecule has 6 heteroatoms. The third-order valence-electron chi connectivity index (χ3n) is 3.52. The van der Waals surface area contributed by atoms with E-state index in [4.69, 9.17) is 11.6 Å². The SMILES string of the molecule is Cn1ccnc1C(NC(=O)Cc1cccs1)c1cccc(Cl)c1. The third-order valence-corrected chi connectivity index (χ3v) is 4.63. The number of aryl methyl sites for hydroxylation is 1. The summed E-state index contributed by atoms with van der Waals surface area (Å²) in [6, 6.07) is 11.1. The zero-order valence-electron chi connectivity index (χ0n) is 12.6. The first-order chi connectivity index (χ1) is 11.1. The Kier molecular flexibility index (Phi) is 4.79. The van der Waals surface area contributed by atoms with Crippen molar-refractivity contribution in [2.45, 2.75) is 12.5 Å². The fraction of sp³-hybridized carbons (Fsp3) is 0.176. The summed E-state index contributed by atoms with van der Waals surface area (Å²) >= 11 is 7.68. The van der Waals surface area contributed by atoms with Gasteiger partial charge in [-0.1, -0.05) is 29.8 Å². The van der Waals surface area contributed by atoms with Crippen LogP contribution in [0.1, 0.15) is 22.3 Å². The molecule has 0 aliphatic rings. The first kappa shape index (κ1) is 15.8. The molecule has 1 atom stereocenters. The largest absolute Gasteiger partial charge is 0.342 e. The van der Waals surface area contributed by atoms with E-state index < -0.39 is 0 Å². The molecule has 0 aliphatic carbocycles. The molecular weight excluding hydrogens is 330 g/mol. The first-order valence-corrected chi connectivity index (χ1v) is 8.43. The number of rotatable bonds is 5. The van der Waals surface area contributed by atoms with Gasteiger partial charge in [0.25, 0.3) is 0 Å². The van der Waals surface area contributed by atoms with E-state index >= 15 is 0 Å². The van der Waals surface area contributed by atoms with E-state index in [1.807, 2.05) is 59.6 Å². The van der Waals surface area contributed by atoms with Crippen molar-refractivity contribution in [3.63, 3.8) is 0 Å². The van der Waals surface area contributed by atoms with Gasteiger partial charge in [-0.3, -0.25) is 4.79 Å². The molecule has 1 amide bonds. The average molecular weight is 346 g/mol. The molecule has 118 valence electrons. The molecule has 0 aliphatic heterocycles. The van der Waals surface area contributed by atoms with Crippen LogP contribution in [0.15, 0.2) is 54.2 Å². The summed E-state index contributed by atoms with van der Waals surface area (Å²) in [5.41, 5.74) is 0.909. The van der Waals surface area contributed by atoms with Gasteiger partial charge in [0, 0.05) is 29.3 Å². The topological polar surface area (TPSA) is 46.9 Å². The molecule has 2 aromatic heterocycles. The number of hydrogen-bond donors (Lipinski definition) is 1. The second kappa shape index (κ2) is 6.98. The van der Waals surface area contributed by atoms with Gasteiger partial charge in [-0.05, 0) is 29.1 Å². The predicted octanol–water partition coefficient (Wildman–Crippen LogP) is 3.58. The van der Waals surface area contributed by atoms with Crippen LogP contribution in [0.2, 0.25) is 5.02 Å². The summed E-state index contributed by atoms with van der Waals surface area (Å²) in [7, 11) is 1.91. The highest BCUT2D eigenvalue weighted by molar-refractivity contribution is 7.10. The molecule has 23 heavy (non-hydrogen) atoms. The maximum atomic E-state index is 12.4. The first-order valence-electron chi connectivity index (χ1n) is 7.18. The van der Waals surface area contributed by atoms with E-state index in [1.165, 1.54) is 0 Å². The minimum atomic E-state index is -0.332. The molecule has 4 nitrogen and oxygen atoms in total. The lowest BCUT2D eigenvalue weighted by Gasteiger charge is -2.19. The molecule has 1 unspecified atom stereocenters. The van der Waals surface area contributed by atoms with Gasteiger partial charge in [0.2, 0.25) is 5.91 Å². The summed E-state index contributed by atoms with van der Waals surface area (Å²) in [4.78, 5) is 17.8. The van der Waals surface area contributed by atoms with Gasteiger partial charge in [-0.2, -0.15) is 0 Å². The van der Waals surface area contributed by atoms with Crippen LogP contribution in [-0.2, 0) is 18.3 Å². The van der Waals surface area contributed by atoms with Crippen molar-refractivity contribution in [2.75, 3.05) is 0 Å². The molecule has 2 heterocycles. The molecule has 0 radical (unpaired) electrons. The van der Waals surface area contributed by atoms with Crippen LogP contribution < -0.4 is 5.32 Å². The fourth-order valence-corrected chi connectivity index (χ4v) is 3.32. The molecule has 0 fully saturated rings. The van der Waals surface area contributed by atoms with E-state index in [-0.39, 0.29) is 11.9 Å². The number of imidazole rings is 1. The predicted molar refractivity (Wildman–Crippen MR) is 92.7 cm³/mol. The second-order valence-electron chi connectivity index (χ2n) is 5.21. The van der Waals surface area contributed by atoms with Crippen molar-refractivity contribution in [2.24, 2.45) is 7.05 Å². The van der Waals surface area contributed by atoms with Gasteiger partial charge >= 0.3 is 0 Å². The lowest BCUT2D eigenvalue weighted by molar-refractivity contribution is -0.120. The zero-order chi connectivity index (χ0) is 16.2. The second-order valence-corrected chi connectivity index (χ2v) is 6.68. The number of amides is 1. The molecule has 0 spiro atoms. The maximum Gasteiger partial charge on any atom is 0.226 e. The minimum absolute atomic E-state index is 0.0413. The lowest BCUT2D eigenvalue weighted by Crippen LogP contribution is -2.32. The summed E-state index contributed by atoms with van der Waals surface area (Å²) in [6.07, 6.45) is 3.94. The van der Waals surface area contributed by atoms with Gasteiger partial charge in [-0.25, -0.2) is 4.98 Å². The van der Waals surface area contributed by atoms with E-state index in [9.17, 15) is 4.79 Å². The Labute approximate surface area is 143 Å². The minimum Gasteiger partial charge on any atom is -0.342 e. The highest BCUT2D eigenvalue weighted by atomic mass is 35.5. The Morgan fingerprint density at radius 2 is 2.26 bits per heavy atom. The Balaban J connectivity index is 1.86. The van der Waals surface area contributed by atoms with Crippen molar-refractivity contribution in [1.29, 1.82) is 0 Å². The van der Waals surface area contributed by atoms with Crippen LogP contribution in [0.25, 0.3) is 0 Å². The van der Waals surface area contributed by atoms with Gasteiger partial charge in [0.15, 0.2) is 0 Å². The number of hydrogen-bond acceptors (Lipinski definition) is 3. The lowest BCUT2D eigenvalue weighted by atomic mass is 10.1. The van der Waals surface area contributed by atoms with Crippen LogP contribution in [0.4, 0.5) is 0 Å². The van der Waals surface area contributed by atoms with Crippen molar-refractivity contribution >= 4 is 28.8 Å². The molecule has 0 bridgehead atoms. The van der Waals surface area contributed by atoms with Crippen molar-refractivity contribution in [3.8, 4) is 0 Å². The van der Waals surface area contributed by atoms with Gasteiger partial charge in [0.05, 0.1) is 6.42 Å². The Bertz CT molecular complexity index is 798. The number of thiophene rings is 1. The molecule has 3 aromatic rings. The number of carbonyl (C=O) groups excluding carboxylic acids is 1. The van der Waals surface area contributed by atoms with E-state index in [1.54, 1.807) is 17.5 Å². The normalized spacial score (nSPS) is 12.1. The van der Waals surface area contributed by atoms with Crippen LogP contribution >= 0.6 is 22.9 Å². The van der Waals surface area contributed by atoms with Crippen LogP contribution in [0, 0.1) is 0 Å². The summed E-state index contributed by atoms with van der Waals surface area (Å²) in [5, 5.41) is 5.67. The van der Waals surface area contributed by atoms with E-state index in [2.05, 4.69) is 10.3 Å². The van der Waals surface area contributed by atoms with Crippen molar-refractivity contribution in [1.82, 2.24) is 14.9 Å². The van der Waals surface area contributed by atoms with Crippen LogP contribution in [-0.4, -0.2) is 15.5 Å². The van der Waals surface area contributed by atoms with Crippen LogP contribution in [0.3, 0.4) is 0 Å². The van der Waals surface area contributed by atoms with Crippen LogP contribution in [0.5, 0.6) is 0 Å². The molecular formula is C17H16ClN3OS. The highest BCUT2D eigenvalue weighted by Crippen LogP contribution is 2.23. The monoisotopic (exact) mass is 345 g/mol. The smallest absolute Gasteiger partial charge is 0.226 e. The number of nitrogens with one attached hydrogen (secondary N) is 1. The zero-order valence-corrected chi connectivity index (χ0v) is 14.1. The quantitative estimate of drug-likeness (QED) is 0.768. The van der Waals surface area contributed by atoms with E-state index in [0.717, 1.165) is 16.3 Å². The van der Waals surface area contributed by atoms with E-state index in [0.29, 0.717) is 11.4 Å². The number of aromatic nitrogens is 2. The molecule has 0 saturated heterocycles. The summed E-state index contributed by atoms with van der Waals surface area (Å²) in [5.74, 6) is 0.729. The van der Waals surface area contributed by atoms with Gasteiger partial charge < -0.3 is 9.88 Å². The maximum absolute atomic E-state index is 12.4.